The van der Waals surface area contributed by atoms with Crippen LogP contribution in [0.1, 0.15) is 31.6 Å². The van der Waals surface area contributed by atoms with Gasteiger partial charge in [-0.1, -0.05) is 24.3 Å². The van der Waals surface area contributed by atoms with Crippen LogP contribution in [-0.2, 0) is 18.9 Å². The molecule has 29 heavy (non-hydrogen) atoms. The SMILES string of the molecule is CC=C[C@H]1CO[C@H](CC[C@H]2CO[C@H](c3ccc(OCC(F)(F)F)cc3)OC2)OC1. The van der Waals surface area contributed by atoms with Gasteiger partial charge < -0.3 is 23.7 Å². The zero-order chi connectivity index (χ0) is 20.7. The van der Waals surface area contributed by atoms with Crippen molar-refractivity contribution in [2.75, 3.05) is 33.0 Å². The van der Waals surface area contributed by atoms with E-state index < -0.39 is 19.1 Å². The van der Waals surface area contributed by atoms with E-state index in [9.17, 15) is 13.2 Å². The molecule has 3 rings (SSSR count). The van der Waals surface area contributed by atoms with Gasteiger partial charge in [-0.25, -0.2) is 0 Å². The quantitative estimate of drug-likeness (QED) is 0.607. The van der Waals surface area contributed by atoms with E-state index in [1.807, 2.05) is 13.0 Å². The molecular weight excluding hydrogens is 389 g/mol. The van der Waals surface area contributed by atoms with Crippen LogP contribution >= 0.6 is 0 Å². The molecule has 0 spiro atoms. The summed E-state index contributed by atoms with van der Waals surface area (Å²) >= 11 is 0. The number of hydrogen-bond acceptors (Lipinski definition) is 5. The van der Waals surface area contributed by atoms with E-state index in [1.165, 1.54) is 12.1 Å². The van der Waals surface area contributed by atoms with Crippen molar-refractivity contribution in [2.24, 2.45) is 11.8 Å². The second-order valence-corrected chi connectivity index (χ2v) is 7.30. The van der Waals surface area contributed by atoms with Gasteiger partial charge >= 0.3 is 6.18 Å². The van der Waals surface area contributed by atoms with Crippen molar-refractivity contribution < 1.29 is 36.9 Å². The maximum Gasteiger partial charge on any atom is 0.422 e. The Morgan fingerprint density at radius 2 is 1.62 bits per heavy atom. The predicted molar refractivity (Wildman–Crippen MR) is 99.4 cm³/mol. The first-order valence-electron chi connectivity index (χ1n) is 9.81. The Balaban J connectivity index is 1.36. The predicted octanol–water partition coefficient (Wildman–Crippen LogP) is 4.63. The van der Waals surface area contributed by atoms with Gasteiger partial charge in [-0.05, 0) is 31.9 Å². The van der Waals surface area contributed by atoms with E-state index in [0.29, 0.717) is 32.3 Å². The molecule has 2 fully saturated rings. The normalized spacial score (nSPS) is 28.6. The highest BCUT2D eigenvalue weighted by molar-refractivity contribution is 5.28. The number of halogens is 3. The molecule has 8 heteroatoms. The van der Waals surface area contributed by atoms with Crippen LogP contribution < -0.4 is 4.74 Å². The van der Waals surface area contributed by atoms with E-state index in [-0.39, 0.29) is 18.0 Å². The molecular formula is C21H27F3O5. The molecule has 2 aliphatic heterocycles. The largest absolute Gasteiger partial charge is 0.484 e. The fourth-order valence-corrected chi connectivity index (χ4v) is 3.27. The number of hydrogen-bond donors (Lipinski definition) is 0. The number of benzene rings is 1. The number of rotatable bonds is 7. The summed E-state index contributed by atoms with van der Waals surface area (Å²) in [5.74, 6) is 0.730. The van der Waals surface area contributed by atoms with Gasteiger partial charge in [0.1, 0.15) is 5.75 Å². The molecule has 0 bridgehead atoms. The molecule has 2 aliphatic rings. The summed E-state index contributed by atoms with van der Waals surface area (Å²) in [5.41, 5.74) is 0.747. The number of allylic oxidation sites excluding steroid dienone is 1. The number of alkyl halides is 3. The van der Waals surface area contributed by atoms with Crippen LogP contribution in [0.25, 0.3) is 0 Å². The first-order chi connectivity index (χ1) is 13.9. The van der Waals surface area contributed by atoms with Gasteiger partial charge in [0.2, 0.25) is 0 Å². The van der Waals surface area contributed by atoms with Gasteiger partial charge in [0.05, 0.1) is 26.4 Å². The lowest BCUT2D eigenvalue weighted by molar-refractivity contribution is -0.217. The Bertz CT molecular complexity index is 631. The Morgan fingerprint density at radius 3 is 2.21 bits per heavy atom. The average molecular weight is 416 g/mol. The van der Waals surface area contributed by atoms with Crippen LogP contribution in [0.4, 0.5) is 13.2 Å². The standard InChI is InChI=1S/C21H27F3O5/c1-2-3-15-10-25-19(26-11-15)9-4-16-12-27-20(28-13-16)17-5-7-18(8-6-17)29-14-21(22,23)24/h2-3,5-8,15-16,19-20H,4,9-14H2,1H3/t15-,16-,19-,20-. The van der Waals surface area contributed by atoms with Crippen LogP contribution in [0.2, 0.25) is 0 Å². The zero-order valence-corrected chi connectivity index (χ0v) is 16.4. The summed E-state index contributed by atoms with van der Waals surface area (Å²) in [6.07, 6.45) is 0.698. The molecule has 162 valence electrons. The number of ether oxygens (including phenoxy) is 5. The Morgan fingerprint density at radius 1 is 0.966 bits per heavy atom. The van der Waals surface area contributed by atoms with Crippen LogP contribution in [0.15, 0.2) is 36.4 Å². The van der Waals surface area contributed by atoms with E-state index in [2.05, 4.69) is 6.08 Å². The Hall–Kier alpha value is -1.61. The molecule has 1 aromatic carbocycles. The third-order valence-electron chi connectivity index (χ3n) is 4.79. The van der Waals surface area contributed by atoms with E-state index >= 15 is 0 Å². The van der Waals surface area contributed by atoms with Crippen molar-refractivity contribution in [3.8, 4) is 5.75 Å². The first-order valence-corrected chi connectivity index (χ1v) is 9.81. The highest BCUT2D eigenvalue weighted by atomic mass is 19.4. The molecule has 0 amide bonds. The van der Waals surface area contributed by atoms with Crippen molar-refractivity contribution in [3.05, 3.63) is 42.0 Å². The molecule has 1 aromatic rings. The second-order valence-electron chi connectivity index (χ2n) is 7.30. The molecule has 0 aromatic heterocycles. The Labute approximate surface area is 168 Å². The summed E-state index contributed by atoms with van der Waals surface area (Å²) in [5, 5.41) is 0. The molecule has 0 radical (unpaired) electrons. The monoisotopic (exact) mass is 416 g/mol. The van der Waals surface area contributed by atoms with Gasteiger partial charge in [0.15, 0.2) is 19.2 Å². The van der Waals surface area contributed by atoms with E-state index in [1.54, 1.807) is 12.1 Å². The van der Waals surface area contributed by atoms with Crippen LogP contribution in [0.3, 0.4) is 0 Å². The van der Waals surface area contributed by atoms with Crippen LogP contribution in [0.5, 0.6) is 5.75 Å². The molecule has 0 aliphatic carbocycles. The first kappa shape index (κ1) is 22.1. The molecule has 2 saturated heterocycles. The molecule has 0 N–H and O–H groups in total. The van der Waals surface area contributed by atoms with Crippen molar-refractivity contribution >= 4 is 0 Å². The highest BCUT2D eigenvalue weighted by Crippen LogP contribution is 2.29. The maximum atomic E-state index is 12.2. The van der Waals surface area contributed by atoms with Gasteiger partial charge in [-0.3, -0.25) is 0 Å². The third-order valence-corrected chi connectivity index (χ3v) is 4.79. The average Bonchev–Trinajstić information content (AvgIpc) is 2.72. The smallest absolute Gasteiger partial charge is 0.422 e. The second kappa shape index (κ2) is 10.4. The summed E-state index contributed by atoms with van der Waals surface area (Å²) in [6.45, 7) is 3.12. The maximum absolute atomic E-state index is 12.2. The fourth-order valence-electron chi connectivity index (χ4n) is 3.27. The topological polar surface area (TPSA) is 46.2 Å². The summed E-state index contributed by atoms with van der Waals surface area (Å²) in [4.78, 5) is 0. The van der Waals surface area contributed by atoms with Gasteiger partial charge in [0.25, 0.3) is 0 Å². The minimum Gasteiger partial charge on any atom is -0.484 e. The summed E-state index contributed by atoms with van der Waals surface area (Å²) in [7, 11) is 0. The molecule has 2 heterocycles. The van der Waals surface area contributed by atoms with E-state index in [0.717, 1.165) is 18.4 Å². The molecule has 0 unspecified atom stereocenters. The highest BCUT2D eigenvalue weighted by Gasteiger charge is 2.29. The lowest BCUT2D eigenvalue weighted by atomic mass is 10.0. The lowest BCUT2D eigenvalue weighted by Crippen LogP contribution is -2.33. The van der Waals surface area contributed by atoms with Gasteiger partial charge in [-0.2, -0.15) is 13.2 Å². The fraction of sp³-hybridized carbons (Fsp3) is 0.619. The van der Waals surface area contributed by atoms with Crippen molar-refractivity contribution in [1.82, 2.24) is 0 Å². The minimum absolute atomic E-state index is 0.156. The molecule has 0 saturated carbocycles. The zero-order valence-electron chi connectivity index (χ0n) is 16.4. The van der Waals surface area contributed by atoms with Crippen LogP contribution in [-0.4, -0.2) is 45.5 Å². The summed E-state index contributed by atoms with van der Waals surface area (Å²) in [6, 6.07) is 6.28. The molecule has 0 atom stereocenters. The van der Waals surface area contributed by atoms with E-state index in [4.69, 9.17) is 23.7 Å². The minimum atomic E-state index is -4.36. The van der Waals surface area contributed by atoms with Crippen molar-refractivity contribution in [2.45, 2.75) is 38.5 Å². The summed E-state index contributed by atoms with van der Waals surface area (Å²) < 4.78 is 64.3. The van der Waals surface area contributed by atoms with Crippen molar-refractivity contribution in [3.63, 3.8) is 0 Å². The van der Waals surface area contributed by atoms with Gasteiger partial charge in [-0.15, -0.1) is 0 Å². The lowest BCUT2D eigenvalue weighted by Gasteiger charge is -2.32. The van der Waals surface area contributed by atoms with Crippen molar-refractivity contribution in [1.29, 1.82) is 0 Å². The molecule has 5 nitrogen and oxygen atoms in total. The Kier molecular flexibility index (Phi) is 7.94. The van der Waals surface area contributed by atoms with Crippen LogP contribution in [0, 0.1) is 11.8 Å². The third kappa shape index (κ3) is 7.29. The van der Waals surface area contributed by atoms with Gasteiger partial charge in [0, 0.05) is 17.4 Å².